The van der Waals surface area contributed by atoms with Crippen LogP contribution in [0.2, 0.25) is 0 Å². The van der Waals surface area contributed by atoms with Gasteiger partial charge in [-0.2, -0.15) is 0 Å². The Morgan fingerprint density at radius 2 is 1.04 bits per heavy atom. The van der Waals surface area contributed by atoms with Gasteiger partial charge >= 0.3 is 5.97 Å². The van der Waals surface area contributed by atoms with Crippen molar-refractivity contribution in [3.05, 3.63) is 0 Å². The van der Waals surface area contributed by atoms with E-state index in [0.717, 1.165) is 0 Å². The molecule has 10 atom stereocenters. The van der Waals surface area contributed by atoms with Crippen molar-refractivity contribution in [1.82, 2.24) is 9.96 Å². The van der Waals surface area contributed by atoms with Gasteiger partial charge in [-0.1, -0.05) is 0 Å². The lowest BCUT2D eigenvalue weighted by molar-refractivity contribution is -0.293. The predicted molar refractivity (Wildman–Crippen MR) is 163 cm³/mol. The van der Waals surface area contributed by atoms with Crippen molar-refractivity contribution in [3.8, 4) is 0 Å². The van der Waals surface area contributed by atoms with Gasteiger partial charge in [-0.05, 0) is 26.7 Å². The lowest BCUT2D eigenvalue weighted by atomic mass is 10.00. The summed E-state index contributed by atoms with van der Waals surface area (Å²) in [5.41, 5.74) is 0. The number of hydroxylamine groups is 2. The Labute approximate surface area is 287 Å². The van der Waals surface area contributed by atoms with Crippen molar-refractivity contribution >= 4 is 35.1 Å². The number of imide groups is 1. The molecule has 0 aliphatic carbocycles. The molecule has 19 heteroatoms. The van der Waals surface area contributed by atoms with E-state index in [0.29, 0.717) is 5.06 Å². The zero-order chi connectivity index (χ0) is 37.1. The Bertz CT molecular complexity index is 1130. The van der Waals surface area contributed by atoms with Crippen LogP contribution < -0.4 is 0 Å². The summed E-state index contributed by atoms with van der Waals surface area (Å²) in [5.74, 6) is -3.58. The van der Waals surface area contributed by atoms with E-state index in [9.17, 15) is 59.4 Å². The van der Waals surface area contributed by atoms with Gasteiger partial charge in [0.2, 0.25) is 0 Å². The smallest absolute Gasteiger partial charge is 0.333 e. The van der Waals surface area contributed by atoms with Gasteiger partial charge in [0.25, 0.3) is 11.8 Å². The predicted octanol–water partition coefficient (Wildman–Crippen LogP) is -3.37. The van der Waals surface area contributed by atoms with Gasteiger partial charge in [0, 0.05) is 32.1 Å². The number of Topliss-reactive ketones (excluding diaryl/α,β-unsaturated/α-hetero) is 3. The van der Waals surface area contributed by atoms with Crippen LogP contribution in [0, 0.1) is 0 Å². The first-order valence-electron chi connectivity index (χ1n) is 16.6. The zero-order valence-electron chi connectivity index (χ0n) is 28.0. The Morgan fingerprint density at radius 3 is 1.46 bits per heavy atom. The molecule has 0 aromatic rings. The minimum Gasteiger partial charge on any atom is -0.388 e. The fourth-order valence-electron chi connectivity index (χ4n) is 5.44. The van der Waals surface area contributed by atoms with Gasteiger partial charge in [-0.3, -0.25) is 28.9 Å². The van der Waals surface area contributed by atoms with Crippen LogP contribution in [-0.4, -0.2) is 170 Å². The number of hydrogen-bond acceptors (Lipinski definition) is 18. The number of carbonyl (C=O) groups is 6. The highest BCUT2D eigenvalue weighted by atomic mass is 16.7. The number of ether oxygens (including phenoxy) is 4. The molecule has 3 rings (SSSR count). The summed E-state index contributed by atoms with van der Waals surface area (Å²) < 4.78 is 21.6. The van der Waals surface area contributed by atoms with Crippen LogP contribution in [0.15, 0.2) is 0 Å². The van der Waals surface area contributed by atoms with Crippen LogP contribution in [0.25, 0.3) is 0 Å². The number of ketones is 3. The molecule has 19 nitrogen and oxygen atoms in total. The van der Waals surface area contributed by atoms with E-state index in [1.807, 2.05) is 0 Å². The molecule has 0 spiro atoms. The number of nitrogens with zero attached hydrogens (tertiary/aromatic N) is 2. The van der Waals surface area contributed by atoms with Gasteiger partial charge in [-0.25, -0.2) is 4.79 Å². The van der Waals surface area contributed by atoms with Crippen LogP contribution in [0.3, 0.4) is 0 Å². The summed E-state index contributed by atoms with van der Waals surface area (Å²) in [5, 5.41) is 60.0. The molecule has 0 bridgehead atoms. The summed E-state index contributed by atoms with van der Waals surface area (Å²) >= 11 is 0. The van der Waals surface area contributed by atoms with Crippen LogP contribution in [0.5, 0.6) is 0 Å². The number of hydrogen-bond donors (Lipinski definition) is 6. The van der Waals surface area contributed by atoms with Crippen molar-refractivity contribution in [1.29, 1.82) is 0 Å². The summed E-state index contributed by atoms with van der Waals surface area (Å²) in [6, 6.07) is 0. The monoisotopic (exact) mass is 720 g/mol. The second-order valence-corrected chi connectivity index (χ2v) is 12.6. The Kier molecular flexibility index (Phi) is 16.4. The molecule has 50 heavy (non-hydrogen) atoms. The Balaban J connectivity index is 1.47. The minimum absolute atomic E-state index is 0.0524. The van der Waals surface area contributed by atoms with E-state index in [1.165, 1.54) is 18.7 Å². The largest absolute Gasteiger partial charge is 0.388 e. The third-order valence-corrected chi connectivity index (χ3v) is 8.39. The normalized spacial score (nSPS) is 31.7. The molecule has 0 saturated carbocycles. The fraction of sp³-hybridized carbons (Fsp3) is 0.806. The fourth-order valence-corrected chi connectivity index (χ4v) is 5.44. The highest BCUT2D eigenvalue weighted by Crippen LogP contribution is 2.23. The van der Waals surface area contributed by atoms with E-state index < -0.39 is 91.4 Å². The van der Waals surface area contributed by atoms with E-state index in [2.05, 4.69) is 0 Å². The average molecular weight is 721 g/mol. The number of aliphatic hydroxyl groups is 6. The second kappa shape index (κ2) is 19.7. The summed E-state index contributed by atoms with van der Waals surface area (Å²) in [6.45, 7) is 1.85. The van der Waals surface area contributed by atoms with Gasteiger partial charge in [-0.15, -0.1) is 5.06 Å². The summed E-state index contributed by atoms with van der Waals surface area (Å²) in [4.78, 5) is 79.9. The molecule has 3 aliphatic rings. The van der Waals surface area contributed by atoms with Gasteiger partial charge in [0.05, 0.1) is 51.5 Å². The van der Waals surface area contributed by atoms with Gasteiger partial charge in [0.1, 0.15) is 54.0 Å². The van der Waals surface area contributed by atoms with E-state index >= 15 is 0 Å². The standard InChI is InChI=1S/C31H48N2O17/c1-16-24(40)26(42)28(44)30(48-16)46-11-3-5-18(34)13-32(15-20(36)7-10-23(39)50-33-21(37)8-9-22(33)38)14-19(35)6-4-12-47-31-29(45)27(43)25(41)17(2)49-31/h16-17,24-31,40-45H,3-15H2,1-2H3/t16-,17-,24+,25+,26+,27+,28-,29-,30+,31+/m0/s1. The van der Waals surface area contributed by atoms with Crippen molar-refractivity contribution in [2.75, 3.05) is 32.8 Å². The van der Waals surface area contributed by atoms with Crippen LogP contribution in [0.1, 0.15) is 65.2 Å². The molecule has 6 N–H and O–H groups in total. The SMILES string of the molecule is C[C@@H]1O[C@@H](OCCCC(=O)CN(CC(=O)CCCO[C@@H]2O[C@@H](C)[C@@H](O)[C@@H](O)[C@@H]2O)CC(=O)CCC(=O)ON2C(=O)CCC2=O)[C@@H](O)[C@H](O)[C@@H]1O. The number of aliphatic hydroxyl groups excluding tert-OH is 6. The third kappa shape index (κ3) is 12.2. The van der Waals surface area contributed by atoms with Gasteiger partial charge < -0.3 is 54.4 Å². The lowest BCUT2D eigenvalue weighted by Crippen LogP contribution is -2.57. The van der Waals surface area contributed by atoms with Crippen LogP contribution >= 0.6 is 0 Å². The highest BCUT2D eigenvalue weighted by Gasteiger charge is 2.43. The first-order valence-corrected chi connectivity index (χ1v) is 16.6. The number of amides is 2. The molecule has 0 unspecified atom stereocenters. The molecule has 284 valence electrons. The molecule has 0 aromatic heterocycles. The molecule has 0 radical (unpaired) electrons. The average Bonchev–Trinajstić information content (AvgIpc) is 3.38. The minimum atomic E-state index is -1.51. The molecular formula is C31H48N2O17. The van der Waals surface area contributed by atoms with Gasteiger partial charge in [0.15, 0.2) is 12.6 Å². The van der Waals surface area contributed by atoms with Crippen LogP contribution in [0.4, 0.5) is 0 Å². The van der Waals surface area contributed by atoms with Crippen molar-refractivity contribution < 1.29 is 83.2 Å². The maximum absolute atomic E-state index is 12.8. The molecule has 3 fully saturated rings. The summed E-state index contributed by atoms with van der Waals surface area (Å²) in [6.07, 6.45) is -13.4. The first-order chi connectivity index (χ1) is 23.6. The number of rotatable bonds is 20. The Hall–Kier alpha value is -2.82. The Morgan fingerprint density at radius 1 is 0.640 bits per heavy atom. The lowest BCUT2D eigenvalue weighted by Gasteiger charge is -2.38. The first kappa shape index (κ1) is 41.6. The van der Waals surface area contributed by atoms with E-state index in [4.69, 9.17) is 23.8 Å². The van der Waals surface area contributed by atoms with Crippen molar-refractivity contribution in [2.45, 2.75) is 127 Å². The molecule has 0 aromatic carbocycles. The van der Waals surface area contributed by atoms with E-state index in [-0.39, 0.29) is 89.4 Å². The zero-order valence-corrected chi connectivity index (χ0v) is 28.0. The molecule has 3 saturated heterocycles. The molecule has 3 heterocycles. The molecule has 3 aliphatic heterocycles. The second-order valence-electron chi connectivity index (χ2n) is 12.6. The summed E-state index contributed by atoms with van der Waals surface area (Å²) in [7, 11) is 0. The maximum Gasteiger partial charge on any atom is 0.333 e. The maximum atomic E-state index is 12.8. The third-order valence-electron chi connectivity index (χ3n) is 8.39. The number of carbonyl (C=O) groups excluding carboxylic acids is 6. The van der Waals surface area contributed by atoms with E-state index in [1.54, 1.807) is 0 Å². The van der Waals surface area contributed by atoms with Crippen LogP contribution in [-0.2, 0) is 52.6 Å². The molecule has 2 amide bonds. The quantitative estimate of drug-likeness (QED) is 0.0529. The van der Waals surface area contributed by atoms with Crippen molar-refractivity contribution in [2.24, 2.45) is 0 Å². The topological polar surface area (TPSA) is 276 Å². The molecular weight excluding hydrogens is 672 g/mol. The van der Waals surface area contributed by atoms with Crippen molar-refractivity contribution in [3.63, 3.8) is 0 Å². The highest BCUT2D eigenvalue weighted by molar-refractivity contribution is 6.01.